The van der Waals surface area contributed by atoms with Crippen LogP contribution < -0.4 is 0 Å². The number of ether oxygens (including phenoxy) is 1. The van der Waals surface area contributed by atoms with Crippen LogP contribution >= 0.6 is 0 Å². The average Bonchev–Trinajstić information content (AvgIpc) is 3.15. The molecule has 0 aliphatic heterocycles. The van der Waals surface area contributed by atoms with Crippen LogP contribution in [0.5, 0.6) is 0 Å². The molecule has 2 saturated carbocycles. The van der Waals surface area contributed by atoms with Crippen molar-refractivity contribution in [3.8, 4) is 0 Å². The van der Waals surface area contributed by atoms with Crippen LogP contribution in [0, 0.1) is 23.7 Å². The van der Waals surface area contributed by atoms with Crippen LogP contribution in [0.1, 0.15) is 6.42 Å². The predicted molar refractivity (Wildman–Crippen MR) is 93.2 cm³/mol. The Bertz CT molecular complexity index is 1440. The molecule has 0 aromatic rings. The van der Waals surface area contributed by atoms with Gasteiger partial charge in [0.15, 0.2) is 0 Å². The molecule has 0 N–H and O–H groups in total. The lowest BCUT2D eigenvalue weighted by molar-refractivity contribution is -0.410. The smallest absolute Gasteiger partial charge is 0.296 e. The molecule has 0 amide bonds. The molecule has 0 spiro atoms. The van der Waals surface area contributed by atoms with Gasteiger partial charge in [-0.1, -0.05) is 12.2 Å². The van der Waals surface area contributed by atoms with E-state index in [1.165, 1.54) is 0 Å². The van der Waals surface area contributed by atoms with Crippen molar-refractivity contribution in [2.24, 2.45) is 23.7 Å². The maximum Gasteiger partial charge on any atom is 0.420 e. The third-order valence-electron chi connectivity index (χ3n) is 6.02. The second-order valence-electron chi connectivity index (χ2n) is 7.67. The third-order valence-corrected chi connectivity index (χ3v) is 16.4. The SMILES string of the molecule is O=S(=O)(F)C(OC1(F)C2C3C=CC(C3)C2C1(F)F)(C(S(=O)(=O)F)(S(=O)(=O)F)S(=O)(=O)F)S(=O)(=O)F. The lowest BCUT2D eigenvalue weighted by Gasteiger charge is -2.57. The van der Waals surface area contributed by atoms with Gasteiger partial charge in [-0.05, 0) is 18.3 Å². The largest absolute Gasteiger partial charge is 0.420 e. The van der Waals surface area contributed by atoms with E-state index in [2.05, 4.69) is 4.74 Å². The molecule has 0 aromatic heterocycles. The van der Waals surface area contributed by atoms with Gasteiger partial charge in [0.2, 0.25) is 0 Å². The average molecular weight is 628 g/mol. The minimum atomic E-state index is -8.71. The van der Waals surface area contributed by atoms with Gasteiger partial charge >= 0.3 is 64.7 Å². The summed E-state index contributed by atoms with van der Waals surface area (Å²) < 4.78 is 218. The van der Waals surface area contributed by atoms with Crippen LogP contribution in [-0.2, 0) is 55.9 Å². The minimum Gasteiger partial charge on any atom is -0.296 e. The Morgan fingerprint density at radius 1 is 0.629 bits per heavy atom. The van der Waals surface area contributed by atoms with Gasteiger partial charge in [-0.25, -0.2) is 4.39 Å². The summed E-state index contributed by atoms with van der Waals surface area (Å²) >= 11 is 0. The molecule has 3 aliphatic carbocycles. The van der Waals surface area contributed by atoms with Gasteiger partial charge < -0.3 is 0 Å². The number of hydrogen-bond acceptors (Lipinski definition) is 11. The van der Waals surface area contributed by atoms with Gasteiger partial charge in [0, 0.05) is 11.8 Å². The van der Waals surface area contributed by atoms with Crippen molar-refractivity contribution in [2.45, 2.75) is 25.9 Å². The monoisotopic (exact) mass is 628 g/mol. The number of rotatable bonds is 8. The number of halogens is 8. The van der Waals surface area contributed by atoms with E-state index in [9.17, 15) is 70.3 Å². The molecule has 2 fully saturated rings. The molecule has 5 atom stereocenters. The van der Waals surface area contributed by atoms with Crippen molar-refractivity contribution in [3.05, 3.63) is 12.2 Å². The molecule has 0 saturated heterocycles. The Labute approximate surface area is 192 Å². The number of fused-ring (bicyclic) bond motifs is 5. The molecule has 0 heterocycles. The zero-order valence-electron chi connectivity index (χ0n) is 15.7. The van der Waals surface area contributed by atoms with E-state index in [0.29, 0.717) is 0 Å². The first-order chi connectivity index (χ1) is 15.2. The molecular weight excluding hydrogens is 620 g/mol. The predicted octanol–water partition coefficient (Wildman–Crippen LogP) is 0.560. The van der Waals surface area contributed by atoms with Crippen LogP contribution in [0.4, 0.5) is 32.6 Å². The van der Waals surface area contributed by atoms with E-state index in [4.69, 9.17) is 0 Å². The van der Waals surface area contributed by atoms with E-state index >= 15 is 4.39 Å². The number of alkyl halides is 3. The van der Waals surface area contributed by atoms with E-state index in [1.807, 2.05) is 0 Å². The summed E-state index contributed by atoms with van der Waals surface area (Å²) in [6.07, 6.45) is 1.47. The molecule has 0 aromatic carbocycles. The fraction of sp³-hybridized carbons (Fsp3) is 0.818. The van der Waals surface area contributed by atoms with Gasteiger partial charge in [-0.3, -0.25) is 4.74 Å². The summed E-state index contributed by atoms with van der Waals surface area (Å²) in [7, 11) is -43.4. The Balaban J connectivity index is 2.59. The lowest BCUT2D eigenvalue weighted by Crippen LogP contribution is -2.79. The van der Waals surface area contributed by atoms with E-state index in [0.717, 1.165) is 12.2 Å². The number of allylic oxidation sites excluding steroid dienone is 2. The summed E-state index contributed by atoms with van der Waals surface area (Å²) in [6, 6.07) is 0. The summed E-state index contributed by atoms with van der Waals surface area (Å²) in [5, 5.41) is 0. The zero-order valence-corrected chi connectivity index (χ0v) is 19.8. The second kappa shape index (κ2) is 7.05. The first-order valence-corrected chi connectivity index (χ1v) is 15.2. The fourth-order valence-corrected chi connectivity index (χ4v) is 14.3. The van der Waals surface area contributed by atoms with Gasteiger partial charge in [0.05, 0.1) is 0 Å². The Morgan fingerprint density at radius 2 is 0.971 bits per heavy atom. The van der Waals surface area contributed by atoms with E-state index in [-0.39, 0.29) is 0 Å². The highest BCUT2D eigenvalue weighted by Crippen LogP contribution is 2.73. The molecule has 3 aliphatic rings. The summed E-state index contributed by atoms with van der Waals surface area (Å²) in [5.74, 6) is -18.7. The van der Waals surface area contributed by atoms with Gasteiger partial charge in [-0.2, -0.15) is 50.9 Å². The molecule has 5 unspecified atom stereocenters. The molecule has 35 heavy (non-hydrogen) atoms. The topological polar surface area (TPSA) is 180 Å². The molecule has 3 rings (SSSR count). The highest BCUT2D eigenvalue weighted by molar-refractivity contribution is 8.24. The second-order valence-corrected chi connectivity index (χ2v) is 16.1. The number of hydrogen-bond donors (Lipinski definition) is 0. The van der Waals surface area contributed by atoms with E-state index in [1.54, 1.807) is 0 Å². The Hall–Kier alpha value is -1.11. The molecule has 0 radical (unpaired) electrons. The van der Waals surface area contributed by atoms with Gasteiger partial charge in [0.25, 0.3) is 5.85 Å². The molecular formula is C11H8F8O11S5. The van der Waals surface area contributed by atoms with Gasteiger partial charge in [-0.15, -0.1) is 19.4 Å². The van der Waals surface area contributed by atoms with Crippen LogP contribution in [0.3, 0.4) is 0 Å². The Morgan fingerprint density at radius 3 is 1.29 bits per heavy atom. The van der Waals surface area contributed by atoms with Crippen LogP contribution in [0.15, 0.2) is 12.2 Å². The minimum absolute atomic E-state index is 0.451. The lowest BCUT2D eigenvalue weighted by atomic mass is 9.60. The molecule has 11 nitrogen and oxygen atoms in total. The molecule has 204 valence electrons. The first kappa shape index (κ1) is 28.5. The van der Waals surface area contributed by atoms with Gasteiger partial charge in [0.1, 0.15) is 0 Å². The molecule has 24 heteroatoms. The summed E-state index contributed by atoms with van der Waals surface area (Å²) in [4.78, 5) is 0. The summed E-state index contributed by atoms with van der Waals surface area (Å²) in [5.41, 5.74) is 0. The third kappa shape index (κ3) is 3.08. The highest BCUT2D eigenvalue weighted by Gasteiger charge is 2.96. The quantitative estimate of drug-likeness (QED) is 0.208. The maximum absolute atomic E-state index is 15.5. The standard InChI is InChI=1S/C11H8F8O11S5/c12-8(13)6-4-1-2-5(3-4)7(6)9(8,14)30-10(31(15,20)21,32(16,22)23)11(33(17,24)25,34(18,26)27)35(19,28)29/h1-2,4-7H,3H2. The first-order valence-electron chi connectivity index (χ1n) is 8.33. The maximum atomic E-state index is 15.5. The van der Waals surface area contributed by atoms with Crippen molar-refractivity contribution in [1.29, 1.82) is 0 Å². The van der Waals surface area contributed by atoms with Crippen LogP contribution in [0.2, 0.25) is 0 Å². The van der Waals surface area contributed by atoms with Crippen molar-refractivity contribution >= 4 is 51.1 Å². The van der Waals surface area contributed by atoms with E-state index < -0.39 is 101 Å². The van der Waals surface area contributed by atoms with Crippen molar-refractivity contribution in [2.75, 3.05) is 0 Å². The Kier molecular flexibility index (Phi) is 5.73. The highest BCUT2D eigenvalue weighted by atomic mass is 32.4. The van der Waals surface area contributed by atoms with Crippen LogP contribution in [0.25, 0.3) is 0 Å². The summed E-state index contributed by atoms with van der Waals surface area (Å²) in [6.45, 7) is 0. The normalized spacial score (nSPS) is 33.4. The fourth-order valence-electron chi connectivity index (χ4n) is 4.89. The zero-order chi connectivity index (χ0) is 27.6. The van der Waals surface area contributed by atoms with Crippen LogP contribution in [-0.4, -0.2) is 61.5 Å². The molecule has 2 bridgehead atoms. The van der Waals surface area contributed by atoms with Crippen molar-refractivity contribution < 1.29 is 79.4 Å². The van der Waals surface area contributed by atoms with Crippen molar-refractivity contribution in [1.82, 2.24) is 0 Å². The van der Waals surface area contributed by atoms with Crippen molar-refractivity contribution in [3.63, 3.8) is 0 Å².